The van der Waals surface area contributed by atoms with E-state index in [1.54, 1.807) is 0 Å². The first-order chi connectivity index (χ1) is 13.4. The van der Waals surface area contributed by atoms with Gasteiger partial charge in [0, 0.05) is 24.6 Å². The lowest BCUT2D eigenvalue weighted by Gasteiger charge is -2.23. The molecule has 1 N–H and O–H groups in total. The maximum atomic E-state index is 11.9. The van der Waals surface area contributed by atoms with E-state index in [-0.39, 0.29) is 18.0 Å². The van der Waals surface area contributed by atoms with Crippen molar-refractivity contribution >= 4 is 12.1 Å². The predicted octanol–water partition coefficient (Wildman–Crippen LogP) is 4.71. The first-order valence-electron chi connectivity index (χ1n) is 9.71. The number of allylic oxidation sites excluding steroid dienone is 2. The number of carbonyl (C=O) groups excluding carboxylic acids is 1. The van der Waals surface area contributed by atoms with Crippen LogP contribution in [0.3, 0.4) is 0 Å². The zero-order valence-electron chi connectivity index (χ0n) is 16.3. The van der Waals surface area contributed by atoms with E-state index >= 15 is 0 Å². The molecule has 5 heteroatoms. The van der Waals surface area contributed by atoms with E-state index in [4.69, 9.17) is 4.74 Å². The minimum atomic E-state index is -0.931. The van der Waals surface area contributed by atoms with Crippen LogP contribution in [0.25, 0.3) is 0 Å². The third-order valence-electron chi connectivity index (χ3n) is 5.43. The smallest absolute Gasteiger partial charge is 0.407 e. The van der Waals surface area contributed by atoms with Gasteiger partial charge in [0.25, 0.3) is 0 Å². The number of rotatable bonds is 4. The van der Waals surface area contributed by atoms with E-state index in [2.05, 4.69) is 12.7 Å². The van der Waals surface area contributed by atoms with Gasteiger partial charge in [0.2, 0.25) is 0 Å². The Kier molecular flexibility index (Phi) is 6.34. The highest BCUT2D eigenvalue weighted by molar-refractivity contribution is 5.91. The molecule has 28 heavy (non-hydrogen) atoms. The van der Waals surface area contributed by atoms with Crippen LogP contribution in [0.1, 0.15) is 38.2 Å². The van der Waals surface area contributed by atoms with Gasteiger partial charge in [-0.25, -0.2) is 9.59 Å². The minimum absolute atomic E-state index is 0.0450. The molecule has 0 aromatic heterocycles. The number of esters is 1. The summed E-state index contributed by atoms with van der Waals surface area (Å²) in [4.78, 5) is 25.2. The normalized spacial score (nSPS) is 22.6. The van der Waals surface area contributed by atoms with Gasteiger partial charge in [-0.2, -0.15) is 0 Å². The molecule has 1 fully saturated rings. The number of carbonyl (C=O) groups is 2. The second kappa shape index (κ2) is 8.91. The first kappa shape index (κ1) is 19.9. The molecule has 0 saturated carbocycles. The molecular formula is C23H27NO4. The lowest BCUT2D eigenvalue weighted by molar-refractivity contribution is -0.137. The third kappa shape index (κ3) is 4.91. The lowest BCUT2D eigenvalue weighted by atomic mass is 9.87. The Bertz CT molecular complexity index is 809. The fourth-order valence-corrected chi connectivity index (χ4v) is 3.81. The monoisotopic (exact) mass is 381 g/mol. The molecule has 0 bridgehead atoms. The standard InChI is InChI=1S/C23H27NO4/c1-16-7-6-10-19(11-12-20-17(2)22(25)28-21(20)13-16)15-24(23(26)27)14-18-8-4-3-5-9-18/h3-5,8-10,13,20-21H,2,6-7,11-12,14-15H2,1H3,(H,26,27)/t20-,21-/m1/s1. The van der Waals surface area contributed by atoms with Crippen molar-refractivity contribution in [3.8, 4) is 0 Å². The molecule has 0 unspecified atom stereocenters. The fraction of sp³-hybridized carbons (Fsp3) is 0.391. The number of hydrogen-bond acceptors (Lipinski definition) is 3. The highest BCUT2D eigenvalue weighted by atomic mass is 16.5. The van der Waals surface area contributed by atoms with Gasteiger partial charge in [0.15, 0.2) is 0 Å². The van der Waals surface area contributed by atoms with Gasteiger partial charge in [0.1, 0.15) is 6.10 Å². The van der Waals surface area contributed by atoms with Crippen molar-refractivity contribution in [2.45, 2.75) is 45.3 Å². The van der Waals surface area contributed by atoms with Crippen molar-refractivity contribution in [2.75, 3.05) is 6.54 Å². The summed E-state index contributed by atoms with van der Waals surface area (Å²) in [5.41, 5.74) is 3.74. The summed E-state index contributed by atoms with van der Waals surface area (Å²) in [6.45, 7) is 6.68. The predicted molar refractivity (Wildman–Crippen MR) is 108 cm³/mol. The summed E-state index contributed by atoms with van der Waals surface area (Å²) in [6, 6.07) is 9.61. The van der Waals surface area contributed by atoms with Crippen molar-refractivity contribution < 1.29 is 19.4 Å². The quantitative estimate of drug-likeness (QED) is 0.466. The van der Waals surface area contributed by atoms with Crippen LogP contribution in [-0.4, -0.2) is 34.7 Å². The van der Waals surface area contributed by atoms with Crippen LogP contribution < -0.4 is 0 Å². The number of ether oxygens (including phenoxy) is 1. The van der Waals surface area contributed by atoms with Crippen molar-refractivity contribution in [3.63, 3.8) is 0 Å². The Balaban J connectivity index is 1.74. The van der Waals surface area contributed by atoms with Crippen LogP contribution in [0.2, 0.25) is 0 Å². The van der Waals surface area contributed by atoms with Gasteiger partial charge in [-0.3, -0.25) is 0 Å². The van der Waals surface area contributed by atoms with E-state index in [1.807, 2.05) is 43.3 Å². The van der Waals surface area contributed by atoms with Crippen LogP contribution in [0.5, 0.6) is 0 Å². The summed E-state index contributed by atoms with van der Waals surface area (Å²) >= 11 is 0. The molecule has 0 radical (unpaired) electrons. The first-order valence-corrected chi connectivity index (χ1v) is 9.71. The molecule has 1 saturated heterocycles. The molecule has 1 aromatic carbocycles. The maximum absolute atomic E-state index is 11.9. The second-order valence-corrected chi connectivity index (χ2v) is 7.58. The Labute approximate surface area is 166 Å². The van der Waals surface area contributed by atoms with Crippen LogP contribution in [0.15, 0.2) is 65.8 Å². The number of carboxylic acid groups (broad SMARTS) is 1. The van der Waals surface area contributed by atoms with Gasteiger partial charge in [-0.15, -0.1) is 0 Å². The third-order valence-corrected chi connectivity index (χ3v) is 5.43. The number of hydrogen-bond donors (Lipinski definition) is 1. The zero-order chi connectivity index (χ0) is 20.1. The molecule has 2 aliphatic rings. The number of benzene rings is 1. The molecule has 0 spiro atoms. The van der Waals surface area contributed by atoms with Crippen LogP contribution in [0.4, 0.5) is 4.79 Å². The molecule has 1 aromatic rings. The zero-order valence-corrected chi connectivity index (χ0v) is 16.3. The molecule has 5 nitrogen and oxygen atoms in total. The van der Waals surface area contributed by atoms with Gasteiger partial charge in [0.05, 0.1) is 0 Å². The van der Waals surface area contributed by atoms with E-state index in [1.165, 1.54) is 10.5 Å². The van der Waals surface area contributed by atoms with Crippen molar-refractivity contribution in [2.24, 2.45) is 5.92 Å². The SMILES string of the molecule is C=C1C(=O)O[C@@H]2C=C(C)CCC=C(CN(Cc3ccccc3)C(=O)O)CC[C@H]12. The van der Waals surface area contributed by atoms with E-state index in [0.29, 0.717) is 18.7 Å². The second-order valence-electron chi connectivity index (χ2n) is 7.58. The maximum Gasteiger partial charge on any atom is 0.407 e. The van der Waals surface area contributed by atoms with Crippen LogP contribution in [0, 0.1) is 5.92 Å². The van der Waals surface area contributed by atoms with Gasteiger partial charge >= 0.3 is 12.1 Å². The van der Waals surface area contributed by atoms with Crippen molar-refractivity contribution in [3.05, 3.63) is 71.3 Å². The minimum Gasteiger partial charge on any atom is -0.465 e. The van der Waals surface area contributed by atoms with Crippen LogP contribution >= 0.6 is 0 Å². The Morgan fingerprint density at radius 3 is 2.71 bits per heavy atom. The van der Waals surface area contributed by atoms with Crippen LogP contribution in [-0.2, 0) is 16.1 Å². The van der Waals surface area contributed by atoms with E-state index < -0.39 is 6.09 Å². The highest BCUT2D eigenvalue weighted by Gasteiger charge is 2.37. The van der Waals surface area contributed by atoms with Crippen molar-refractivity contribution in [1.29, 1.82) is 0 Å². The largest absolute Gasteiger partial charge is 0.465 e. The average Bonchev–Trinajstić information content (AvgIpc) is 2.92. The molecule has 1 aliphatic carbocycles. The van der Waals surface area contributed by atoms with Gasteiger partial charge in [-0.1, -0.05) is 54.1 Å². The molecule has 3 rings (SSSR count). The lowest BCUT2D eigenvalue weighted by Crippen LogP contribution is -2.31. The molecule has 2 atom stereocenters. The Morgan fingerprint density at radius 1 is 1.25 bits per heavy atom. The Morgan fingerprint density at radius 2 is 2.00 bits per heavy atom. The summed E-state index contributed by atoms with van der Waals surface area (Å²) in [7, 11) is 0. The number of amides is 1. The van der Waals surface area contributed by atoms with E-state index in [9.17, 15) is 14.7 Å². The number of nitrogens with zero attached hydrogens (tertiary/aromatic N) is 1. The molecular weight excluding hydrogens is 354 g/mol. The fourth-order valence-electron chi connectivity index (χ4n) is 3.81. The molecule has 1 amide bonds. The molecule has 1 aliphatic heterocycles. The summed E-state index contributed by atoms with van der Waals surface area (Å²) in [6.07, 6.45) is 6.17. The summed E-state index contributed by atoms with van der Waals surface area (Å²) in [5.74, 6) is -0.364. The summed E-state index contributed by atoms with van der Waals surface area (Å²) < 4.78 is 5.47. The number of fused-ring (bicyclic) bond motifs is 1. The molecule has 1 heterocycles. The van der Waals surface area contributed by atoms with Gasteiger partial charge < -0.3 is 14.7 Å². The van der Waals surface area contributed by atoms with E-state index in [0.717, 1.165) is 36.8 Å². The Hall–Kier alpha value is -2.82. The highest BCUT2D eigenvalue weighted by Crippen LogP contribution is 2.34. The van der Waals surface area contributed by atoms with Gasteiger partial charge in [-0.05, 0) is 44.2 Å². The van der Waals surface area contributed by atoms with Crippen molar-refractivity contribution in [1.82, 2.24) is 4.90 Å². The average molecular weight is 381 g/mol. The summed E-state index contributed by atoms with van der Waals surface area (Å²) in [5, 5.41) is 9.67. The molecule has 148 valence electrons. The topological polar surface area (TPSA) is 66.8 Å².